The highest BCUT2D eigenvalue weighted by molar-refractivity contribution is 7.92. The first-order chi connectivity index (χ1) is 20.5. The first-order valence-corrected chi connectivity index (χ1v) is 16.4. The summed E-state index contributed by atoms with van der Waals surface area (Å²) in [6.45, 7) is 6.75. The van der Waals surface area contributed by atoms with Gasteiger partial charge in [-0.25, -0.2) is 12.8 Å². The molecule has 0 saturated heterocycles. The van der Waals surface area contributed by atoms with Gasteiger partial charge in [-0.3, -0.25) is 13.9 Å². The van der Waals surface area contributed by atoms with E-state index in [0.29, 0.717) is 30.2 Å². The van der Waals surface area contributed by atoms with E-state index >= 15 is 0 Å². The Morgan fingerprint density at radius 1 is 0.930 bits per heavy atom. The number of ether oxygens (including phenoxy) is 1. The summed E-state index contributed by atoms with van der Waals surface area (Å²) in [5, 5.41) is 2.97. The highest BCUT2D eigenvalue weighted by Crippen LogP contribution is 2.30. The van der Waals surface area contributed by atoms with Crippen LogP contribution in [0.1, 0.15) is 44.7 Å². The number of amides is 2. The summed E-state index contributed by atoms with van der Waals surface area (Å²) in [7, 11) is -3.69. The molecule has 0 saturated carbocycles. The minimum atomic E-state index is -3.69. The second-order valence-corrected chi connectivity index (χ2v) is 12.7. The lowest BCUT2D eigenvalue weighted by Gasteiger charge is -2.32. The van der Waals surface area contributed by atoms with Crippen molar-refractivity contribution in [2.24, 2.45) is 5.92 Å². The molecule has 1 N–H and O–H groups in total. The van der Waals surface area contributed by atoms with Crippen molar-refractivity contribution in [2.45, 2.75) is 52.6 Å². The minimum absolute atomic E-state index is 0.00718. The Balaban J connectivity index is 1.89. The maximum Gasteiger partial charge on any atom is 0.243 e. The van der Waals surface area contributed by atoms with Crippen LogP contribution in [-0.4, -0.2) is 57.1 Å². The Morgan fingerprint density at radius 3 is 2.21 bits per heavy atom. The van der Waals surface area contributed by atoms with Crippen molar-refractivity contribution < 1.29 is 27.1 Å². The van der Waals surface area contributed by atoms with Gasteiger partial charge in [0.15, 0.2) is 0 Å². The molecule has 0 aliphatic rings. The van der Waals surface area contributed by atoms with Gasteiger partial charge in [-0.15, -0.1) is 0 Å². The molecule has 1 atom stereocenters. The summed E-state index contributed by atoms with van der Waals surface area (Å²) in [5.41, 5.74) is 1.96. The van der Waals surface area contributed by atoms with Crippen LogP contribution in [0.4, 0.5) is 10.1 Å². The predicted molar refractivity (Wildman–Crippen MR) is 168 cm³/mol. The molecule has 8 nitrogen and oxygen atoms in total. The van der Waals surface area contributed by atoms with Crippen LogP contribution in [0.2, 0.25) is 0 Å². The molecule has 43 heavy (non-hydrogen) atoms. The van der Waals surface area contributed by atoms with Gasteiger partial charge in [0.25, 0.3) is 0 Å². The van der Waals surface area contributed by atoms with Gasteiger partial charge >= 0.3 is 0 Å². The first kappa shape index (κ1) is 33.6. The van der Waals surface area contributed by atoms with Gasteiger partial charge < -0.3 is 15.0 Å². The predicted octanol–water partition coefficient (Wildman–Crippen LogP) is 5.18. The van der Waals surface area contributed by atoms with Crippen molar-refractivity contribution in [1.82, 2.24) is 10.2 Å². The van der Waals surface area contributed by atoms with Gasteiger partial charge in [0.05, 0.1) is 18.6 Å². The molecule has 0 aromatic heterocycles. The van der Waals surface area contributed by atoms with Crippen LogP contribution in [0.15, 0.2) is 78.9 Å². The second-order valence-electron chi connectivity index (χ2n) is 10.8. The van der Waals surface area contributed by atoms with Crippen LogP contribution in [0, 0.1) is 11.7 Å². The number of hydrogen-bond donors (Lipinski definition) is 1. The summed E-state index contributed by atoms with van der Waals surface area (Å²) in [6.07, 6.45) is 1.60. The Labute approximate surface area is 254 Å². The van der Waals surface area contributed by atoms with Crippen LogP contribution in [0.3, 0.4) is 0 Å². The van der Waals surface area contributed by atoms with E-state index in [2.05, 4.69) is 5.32 Å². The third kappa shape index (κ3) is 10.4. The number of rotatable bonds is 16. The lowest BCUT2D eigenvalue weighted by molar-refractivity contribution is -0.141. The van der Waals surface area contributed by atoms with Gasteiger partial charge in [-0.1, -0.05) is 68.4 Å². The zero-order chi connectivity index (χ0) is 31.4. The average molecular weight is 612 g/mol. The Hall–Kier alpha value is -3.92. The van der Waals surface area contributed by atoms with Gasteiger partial charge in [-0.05, 0) is 54.7 Å². The number of nitrogens with zero attached hydrogens (tertiary/aromatic N) is 2. The SMILES string of the molecule is CCOc1ccccc1N(CCCC(=O)N(Cc1ccc(F)cc1)C(Cc1ccccc1)C(=O)NCC(C)C)S(C)(=O)=O. The molecule has 0 aliphatic carbocycles. The topological polar surface area (TPSA) is 96.0 Å². The van der Waals surface area contributed by atoms with E-state index < -0.39 is 21.9 Å². The van der Waals surface area contributed by atoms with Crippen molar-refractivity contribution in [3.05, 3.63) is 95.8 Å². The Morgan fingerprint density at radius 2 is 1.58 bits per heavy atom. The van der Waals surface area contributed by atoms with E-state index in [1.807, 2.05) is 51.1 Å². The summed E-state index contributed by atoms with van der Waals surface area (Å²) < 4.78 is 46.2. The molecule has 0 aliphatic heterocycles. The van der Waals surface area contributed by atoms with Crippen LogP contribution >= 0.6 is 0 Å². The monoisotopic (exact) mass is 611 g/mol. The smallest absolute Gasteiger partial charge is 0.243 e. The summed E-state index contributed by atoms with van der Waals surface area (Å²) in [4.78, 5) is 29.0. The Bertz CT molecular complexity index is 1430. The Kier molecular flexibility index (Phi) is 12.5. The molecule has 10 heteroatoms. The number of para-hydroxylation sites is 2. The van der Waals surface area contributed by atoms with Crippen molar-refractivity contribution in [1.29, 1.82) is 0 Å². The fraction of sp³-hybridized carbons (Fsp3) is 0.394. The fourth-order valence-electron chi connectivity index (χ4n) is 4.69. The molecule has 232 valence electrons. The van der Waals surface area contributed by atoms with E-state index in [-0.39, 0.29) is 50.1 Å². The molecule has 3 aromatic rings. The third-order valence-electron chi connectivity index (χ3n) is 6.81. The molecule has 2 amide bonds. The third-order valence-corrected chi connectivity index (χ3v) is 7.99. The highest BCUT2D eigenvalue weighted by atomic mass is 32.2. The maximum absolute atomic E-state index is 13.9. The number of sulfonamides is 1. The molecule has 0 fully saturated rings. The van der Waals surface area contributed by atoms with Crippen molar-refractivity contribution >= 4 is 27.5 Å². The minimum Gasteiger partial charge on any atom is -0.492 e. The number of carbonyl (C=O) groups is 2. The molecule has 3 aromatic carbocycles. The summed E-state index contributed by atoms with van der Waals surface area (Å²) in [6, 6.07) is 21.3. The number of nitrogens with one attached hydrogen (secondary N) is 1. The van der Waals surface area contributed by atoms with Gasteiger partial charge in [0, 0.05) is 32.5 Å². The van der Waals surface area contributed by atoms with E-state index in [1.165, 1.54) is 21.3 Å². The summed E-state index contributed by atoms with van der Waals surface area (Å²) >= 11 is 0. The lowest BCUT2D eigenvalue weighted by atomic mass is 10.0. The molecule has 0 spiro atoms. The van der Waals surface area contributed by atoms with E-state index in [1.54, 1.807) is 36.4 Å². The number of carbonyl (C=O) groups excluding carboxylic acids is 2. The van der Waals surface area contributed by atoms with Crippen LogP contribution < -0.4 is 14.4 Å². The van der Waals surface area contributed by atoms with Crippen LogP contribution in [0.25, 0.3) is 0 Å². The van der Waals surface area contributed by atoms with Crippen LogP contribution in [0.5, 0.6) is 5.75 Å². The summed E-state index contributed by atoms with van der Waals surface area (Å²) in [5.74, 6) is -0.341. The number of halogens is 1. The van der Waals surface area contributed by atoms with Gasteiger partial charge in [0.1, 0.15) is 17.6 Å². The molecule has 3 rings (SSSR count). The number of hydrogen-bond acceptors (Lipinski definition) is 5. The van der Waals surface area contributed by atoms with Gasteiger partial charge in [-0.2, -0.15) is 0 Å². The van der Waals surface area contributed by atoms with Crippen molar-refractivity contribution in [3.63, 3.8) is 0 Å². The maximum atomic E-state index is 13.9. The van der Waals surface area contributed by atoms with Crippen LogP contribution in [-0.2, 0) is 32.6 Å². The molecular formula is C33H42FN3O5S. The lowest BCUT2D eigenvalue weighted by Crippen LogP contribution is -2.51. The standard InChI is InChI=1S/C33H42FN3O5S/c1-5-42-31-15-10-9-14-29(31)37(43(4,40)41)21-11-16-32(38)36(24-27-17-19-28(34)20-18-27)30(33(39)35-23-25(2)3)22-26-12-7-6-8-13-26/h6-10,12-15,17-20,25,30H,5,11,16,21-24H2,1-4H3,(H,35,39). The van der Waals surface area contributed by atoms with Crippen molar-refractivity contribution in [2.75, 3.05) is 30.3 Å². The number of benzene rings is 3. The molecule has 0 radical (unpaired) electrons. The van der Waals surface area contributed by atoms with E-state index in [9.17, 15) is 22.4 Å². The van der Waals surface area contributed by atoms with Crippen molar-refractivity contribution in [3.8, 4) is 5.75 Å². The number of anilines is 1. The zero-order valence-electron chi connectivity index (χ0n) is 25.3. The van der Waals surface area contributed by atoms with E-state index in [4.69, 9.17) is 4.74 Å². The molecule has 0 bridgehead atoms. The second kappa shape index (κ2) is 16.1. The highest BCUT2D eigenvalue weighted by Gasteiger charge is 2.31. The largest absolute Gasteiger partial charge is 0.492 e. The van der Waals surface area contributed by atoms with E-state index in [0.717, 1.165) is 11.8 Å². The molecular weight excluding hydrogens is 569 g/mol. The average Bonchev–Trinajstić information content (AvgIpc) is 2.97. The molecule has 0 heterocycles. The quantitative estimate of drug-likeness (QED) is 0.241. The first-order valence-electron chi connectivity index (χ1n) is 14.5. The normalized spacial score (nSPS) is 12.0. The zero-order valence-corrected chi connectivity index (χ0v) is 26.1. The van der Waals surface area contributed by atoms with Gasteiger partial charge in [0.2, 0.25) is 21.8 Å². The fourth-order valence-corrected chi connectivity index (χ4v) is 5.66. The molecule has 1 unspecified atom stereocenters.